The molecule has 19 heavy (non-hydrogen) atoms. The van der Waals surface area contributed by atoms with Crippen molar-refractivity contribution in [1.82, 2.24) is 14.7 Å². The number of carbonyl (C=O) groups is 1. The Labute approximate surface area is 117 Å². The van der Waals surface area contributed by atoms with Gasteiger partial charge in [0.25, 0.3) is 0 Å². The Hall–Kier alpha value is -0.610. The predicted molar refractivity (Wildman–Crippen MR) is 78.2 cm³/mol. The molecule has 0 aromatic carbocycles. The van der Waals surface area contributed by atoms with Gasteiger partial charge in [-0.15, -0.1) is 0 Å². The Morgan fingerprint density at radius 2 is 1.63 bits per heavy atom. The Morgan fingerprint density at radius 3 is 2.16 bits per heavy atom. The molecule has 2 aliphatic heterocycles. The summed E-state index contributed by atoms with van der Waals surface area (Å²) in [5, 5.41) is 0. The summed E-state index contributed by atoms with van der Waals surface area (Å²) in [6.45, 7) is 12.0. The summed E-state index contributed by atoms with van der Waals surface area (Å²) >= 11 is 0. The molecule has 0 aromatic heterocycles. The number of carbonyl (C=O) groups excluding carboxylic acids is 1. The highest BCUT2D eigenvalue weighted by atomic mass is 16.2. The van der Waals surface area contributed by atoms with Gasteiger partial charge in [0.2, 0.25) is 5.91 Å². The van der Waals surface area contributed by atoms with E-state index < -0.39 is 0 Å². The molecular weight excluding hydrogens is 238 g/mol. The fraction of sp³-hybridized carbons (Fsp3) is 0.933. The summed E-state index contributed by atoms with van der Waals surface area (Å²) in [5.74, 6) is 0.317. The lowest BCUT2D eigenvalue weighted by molar-refractivity contribution is -0.133. The molecule has 4 nitrogen and oxygen atoms in total. The van der Waals surface area contributed by atoms with Crippen molar-refractivity contribution in [2.75, 3.05) is 45.8 Å². The number of likely N-dealkylation sites (tertiary alicyclic amines) is 1. The lowest BCUT2D eigenvalue weighted by Crippen LogP contribution is -2.54. The Kier molecular flexibility index (Phi) is 5.64. The molecule has 0 saturated carbocycles. The quantitative estimate of drug-likeness (QED) is 0.771. The molecule has 0 atom stereocenters. The van der Waals surface area contributed by atoms with Crippen LogP contribution in [0.15, 0.2) is 0 Å². The molecule has 2 fully saturated rings. The van der Waals surface area contributed by atoms with Gasteiger partial charge in [-0.3, -0.25) is 9.69 Å². The number of rotatable bonds is 4. The first-order valence-electron chi connectivity index (χ1n) is 7.98. The van der Waals surface area contributed by atoms with Crippen LogP contribution in [-0.4, -0.2) is 72.5 Å². The minimum atomic E-state index is 0.317. The van der Waals surface area contributed by atoms with Gasteiger partial charge >= 0.3 is 0 Å². The van der Waals surface area contributed by atoms with E-state index in [1.165, 1.54) is 38.9 Å². The maximum atomic E-state index is 11.7. The molecule has 2 saturated heterocycles. The predicted octanol–water partition coefficient (Wildman–Crippen LogP) is 1.42. The summed E-state index contributed by atoms with van der Waals surface area (Å²) < 4.78 is 0. The molecule has 1 amide bonds. The van der Waals surface area contributed by atoms with E-state index in [0.717, 1.165) is 32.2 Å². The van der Waals surface area contributed by atoms with E-state index in [9.17, 15) is 4.79 Å². The lowest BCUT2D eigenvalue weighted by Gasteiger charge is -2.42. The first-order chi connectivity index (χ1) is 9.24. The second-order valence-corrected chi connectivity index (χ2v) is 5.84. The van der Waals surface area contributed by atoms with Gasteiger partial charge in [0, 0.05) is 38.6 Å². The Morgan fingerprint density at radius 1 is 1.00 bits per heavy atom. The van der Waals surface area contributed by atoms with Gasteiger partial charge in [-0.25, -0.2) is 0 Å². The Balaban J connectivity index is 1.72. The standard InChI is InChI=1S/C15H29N3O/c1-3-7-16-8-5-14(6-9-16)17-10-12-18(13-11-17)15(19)4-2/h14H,3-13H2,1-2H3. The summed E-state index contributed by atoms with van der Waals surface area (Å²) in [5.41, 5.74) is 0. The molecule has 0 aliphatic carbocycles. The fourth-order valence-electron chi connectivity index (χ4n) is 3.38. The minimum Gasteiger partial charge on any atom is -0.340 e. The third-order valence-corrected chi connectivity index (χ3v) is 4.58. The molecule has 0 N–H and O–H groups in total. The highest BCUT2D eigenvalue weighted by molar-refractivity contribution is 5.75. The van der Waals surface area contributed by atoms with Crippen LogP contribution < -0.4 is 0 Å². The maximum absolute atomic E-state index is 11.7. The third kappa shape index (κ3) is 3.93. The molecule has 2 aliphatic rings. The molecule has 0 radical (unpaired) electrons. The van der Waals surface area contributed by atoms with E-state index in [2.05, 4.69) is 16.7 Å². The number of hydrogen-bond donors (Lipinski definition) is 0. The van der Waals surface area contributed by atoms with Crippen LogP contribution in [0.5, 0.6) is 0 Å². The van der Waals surface area contributed by atoms with Gasteiger partial charge in [0.1, 0.15) is 0 Å². The van der Waals surface area contributed by atoms with Crippen molar-refractivity contribution in [1.29, 1.82) is 0 Å². The smallest absolute Gasteiger partial charge is 0.222 e. The van der Waals surface area contributed by atoms with Crippen LogP contribution >= 0.6 is 0 Å². The van der Waals surface area contributed by atoms with Crippen molar-refractivity contribution in [3.8, 4) is 0 Å². The number of nitrogens with zero attached hydrogens (tertiary/aromatic N) is 3. The van der Waals surface area contributed by atoms with Gasteiger partial charge in [-0.2, -0.15) is 0 Å². The van der Waals surface area contributed by atoms with Crippen LogP contribution in [0.3, 0.4) is 0 Å². The summed E-state index contributed by atoms with van der Waals surface area (Å²) in [7, 11) is 0. The lowest BCUT2D eigenvalue weighted by atomic mass is 10.0. The van der Waals surface area contributed by atoms with Crippen molar-refractivity contribution in [3.05, 3.63) is 0 Å². The van der Waals surface area contributed by atoms with Gasteiger partial charge in [-0.1, -0.05) is 13.8 Å². The zero-order valence-corrected chi connectivity index (χ0v) is 12.6. The van der Waals surface area contributed by atoms with Gasteiger partial charge < -0.3 is 9.80 Å². The summed E-state index contributed by atoms with van der Waals surface area (Å²) in [6, 6.07) is 0.756. The van der Waals surface area contributed by atoms with E-state index in [-0.39, 0.29) is 0 Å². The monoisotopic (exact) mass is 267 g/mol. The van der Waals surface area contributed by atoms with Gasteiger partial charge in [0.15, 0.2) is 0 Å². The van der Waals surface area contributed by atoms with Gasteiger partial charge in [0.05, 0.1) is 0 Å². The molecule has 2 heterocycles. The largest absolute Gasteiger partial charge is 0.340 e. The van der Waals surface area contributed by atoms with Crippen molar-refractivity contribution >= 4 is 5.91 Å². The fourth-order valence-corrected chi connectivity index (χ4v) is 3.38. The first kappa shape index (κ1) is 14.8. The molecule has 0 aromatic rings. The number of piperidine rings is 1. The molecule has 0 bridgehead atoms. The summed E-state index contributed by atoms with van der Waals surface area (Å²) in [6.07, 6.45) is 4.53. The number of hydrogen-bond acceptors (Lipinski definition) is 3. The van der Waals surface area contributed by atoms with E-state index >= 15 is 0 Å². The van der Waals surface area contributed by atoms with Gasteiger partial charge in [-0.05, 0) is 38.9 Å². The SMILES string of the molecule is CCCN1CCC(N2CCN(C(=O)CC)CC2)CC1. The van der Waals surface area contributed by atoms with E-state index in [4.69, 9.17) is 0 Å². The van der Waals surface area contributed by atoms with Crippen molar-refractivity contribution in [3.63, 3.8) is 0 Å². The Bertz CT molecular complexity index is 279. The van der Waals surface area contributed by atoms with Crippen LogP contribution in [0.2, 0.25) is 0 Å². The van der Waals surface area contributed by atoms with Crippen molar-refractivity contribution < 1.29 is 4.79 Å². The normalized spacial score (nSPS) is 23.8. The second kappa shape index (κ2) is 7.25. The van der Waals surface area contributed by atoms with E-state index in [1.807, 2.05) is 11.8 Å². The van der Waals surface area contributed by atoms with Crippen LogP contribution in [0.1, 0.15) is 39.5 Å². The molecular formula is C15H29N3O. The van der Waals surface area contributed by atoms with E-state index in [1.54, 1.807) is 0 Å². The molecule has 2 rings (SSSR count). The van der Waals surface area contributed by atoms with Crippen LogP contribution in [0, 0.1) is 0 Å². The average Bonchev–Trinajstić information content (AvgIpc) is 2.48. The maximum Gasteiger partial charge on any atom is 0.222 e. The highest BCUT2D eigenvalue weighted by Gasteiger charge is 2.28. The van der Waals surface area contributed by atoms with Crippen molar-refractivity contribution in [2.24, 2.45) is 0 Å². The molecule has 0 spiro atoms. The number of piperazine rings is 1. The summed E-state index contributed by atoms with van der Waals surface area (Å²) in [4.78, 5) is 18.9. The average molecular weight is 267 g/mol. The second-order valence-electron chi connectivity index (χ2n) is 5.84. The molecule has 110 valence electrons. The highest BCUT2D eigenvalue weighted by Crippen LogP contribution is 2.18. The van der Waals surface area contributed by atoms with Crippen LogP contribution in [0.4, 0.5) is 0 Å². The third-order valence-electron chi connectivity index (χ3n) is 4.58. The van der Waals surface area contributed by atoms with E-state index in [0.29, 0.717) is 12.3 Å². The zero-order valence-electron chi connectivity index (χ0n) is 12.6. The topological polar surface area (TPSA) is 26.8 Å². The number of amides is 1. The molecule has 4 heteroatoms. The zero-order chi connectivity index (χ0) is 13.7. The first-order valence-corrected chi connectivity index (χ1v) is 7.98. The van der Waals surface area contributed by atoms with Crippen LogP contribution in [0.25, 0.3) is 0 Å². The minimum absolute atomic E-state index is 0.317. The molecule has 0 unspecified atom stereocenters. The van der Waals surface area contributed by atoms with Crippen LogP contribution in [-0.2, 0) is 4.79 Å². The van der Waals surface area contributed by atoms with Crippen molar-refractivity contribution in [2.45, 2.75) is 45.6 Å².